The minimum absolute atomic E-state index is 0.0546. The van der Waals surface area contributed by atoms with Gasteiger partial charge >= 0.3 is 0 Å². The van der Waals surface area contributed by atoms with Crippen LogP contribution in [0.4, 0.5) is 4.39 Å². The molecule has 2 aromatic rings. The molecular weight excluding hydrogens is 411 g/mol. The fraction of sp³-hybridized carbons (Fsp3) is 0.480. The van der Waals surface area contributed by atoms with Crippen molar-refractivity contribution in [1.82, 2.24) is 10.2 Å². The largest absolute Gasteiger partial charge is 0.493 e. The first kappa shape index (κ1) is 23.9. The summed E-state index contributed by atoms with van der Waals surface area (Å²) in [4.78, 5) is 15.0. The molecule has 1 heterocycles. The lowest BCUT2D eigenvalue weighted by atomic mass is 9.98. The average molecular weight is 445 g/mol. The van der Waals surface area contributed by atoms with Crippen molar-refractivity contribution in [3.8, 4) is 17.2 Å². The van der Waals surface area contributed by atoms with Crippen LogP contribution in [0.2, 0.25) is 0 Å². The fourth-order valence-electron chi connectivity index (χ4n) is 3.99. The van der Waals surface area contributed by atoms with Crippen LogP contribution in [-0.2, 0) is 13.0 Å². The zero-order valence-corrected chi connectivity index (χ0v) is 19.2. The first-order chi connectivity index (χ1) is 15.5. The molecule has 0 fully saturated rings. The average Bonchev–Trinajstić information content (AvgIpc) is 2.81. The Bertz CT molecular complexity index is 919. The first-order valence-electron chi connectivity index (χ1n) is 11.1. The molecule has 1 N–H and O–H groups in total. The van der Waals surface area contributed by atoms with Gasteiger partial charge in [0.25, 0.3) is 5.91 Å². The van der Waals surface area contributed by atoms with Crippen molar-refractivity contribution >= 4 is 5.91 Å². The number of carbonyl (C=O) groups is 1. The number of hydrogen-bond donors (Lipinski definition) is 1. The lowest BCUT2D eigenvalue weighted by Gasteiger charge is -2.29. The number of unbranched alkanes of at least 4 members (excludes halogenated alkanes) is 1. The van der Waals surface area contributed by atoms with E-state index < -0.39 is 6.67 Å². The van der Waals surface area contributed by atoms with Gasteiger partial charge < -0.3 is 19.5 Å². The monoisotopic (exact) mass is 444 g/mol. The van der Waals surface area contributed by atoms with Crippen LogP contribution in [0.3, 0.4) is 0 Å². The van der Waals surface area contributed by atoms with Gasteiger partial charge in [0.2, 0.25) is 0 Å². The molecule has 0 atom stereocenters. The third-order valence-corrected chi connectivity index (χ3v) is 5.70. The smallest absolute Gasteiger partial charge is 0.255 e. The minimum Gasteiger partial charge on any atom is -0.493 e. The Balaban J connectivity index is 1.45. The van der Waals surface area contributed by atoms with Crippen LogP contribution < -0.4 is 19.5 Å². The summed E-state index contributed by atoms with van der Waals surface area (Å²) in [6.45, 7) is 4.73. The van der Waals surface area contributed by atoms with E-state index in [2.05, 4.69) is 22.3 Å². The van der Waals surface area contributed by atoms with Crippen LogP contribution >= 0.6 is 0 Å². The first-order valence-corrected chi connectivity index (χ1v) is 11.1. The Morgan fingerprint density at radius 1 is 1.06 bits per heavy atom. The van der Waals surface area contributed by atoms with E-state index in [4.69, 9.17) is 14.2 Å². The van der Waals surface area contributed by atoms with Gasteiger partial charge in [-0.2, -0.15) is 0 Å². The summed E-state index contributed by atoms with van der Waals surface area (Å²) in [6, 6.07) is 9.51. The Kier molecular flexibility index (Phi) is 8.73. The molecule has 0 saturated carbocycles. The molecule has 0 radical (unpaired) electrons. The molecule has 1 amide bonds. The summed E-state index contributed by atoms with van der Waals surface area (Å²) in [5.74, 6) is 1.78. The second-order valence-corrected chi connectivity index (χ2v) is 8.00. The number of benzene rings is 2. The lowest BCUT2D eigenvalue weighted by Crippen LogP contribution is -2.32. The number of halogens is 1. The standard InChI is InChI=1S/C25H33FN2O4/c1-18-6-7-22(32-13-9-26)21(14-18)25(29)27-10-4-5-11-28-12-8-19-15-23(30-2)24(31-3)16-20(19)17-28/h6-7,14-16H,4-5,8-13,17H2,1-3H3,(H,27,29). The number of rotatable bonds is 11. The van der Waals surface area contributed by atoms with Crippen molar-refractivity contribution < 1.29 is 23.4 Å². The molecule has 0 spiro atoms. The number of nitrogens with zero attached hydrogens (tertiary/aromatic N) is 1. The van der Waals surface area contributed by atoms with Crippen LogP contribution in [0.1, 0.15) is 39.9 Å². The fourth-order valence-corrected chi connectivity index (χ4v) is 3.99. The molecule has 1 aliphatic rings. The van der Waals surface area contributed by atoms with E-state index in [1.54, 1.807) is 26.4 Å². The van der Waals surface area contributed by atoms with Gasteiger partial charge in [0, 0.05) is 19.6 Å². The Morgan fingerprint density at radius 2 is 1.81 bits per heavy atom. The number of nitrogens with one attached hydrogen (secondary N) is 1. The number of methoxy groups -OCH3 is 2. The lowest BCUT2D eigenvalue weighted by molar-refractivity contribution is 0.0947. The van der Waals surface area contributed by atoms with Crippen LogP contribution in [0.25, 0.3) is 0 Å². The normalized spacial score (nSPS) is 13.4. The van der Waals surface area contributed by atoms with Gasteiger partial charge in [-0.15, -0.1) is 0 Å². The molecule has 0 saturated heterocycles. The maximum atomic E-state index is 12.6. The summed E-state index contributed by atoms with van der Waals surface area (Å²) in [6.07, 6.45) is 2.86. The SMILES string of the molecule is COc1cc2c(cc1OC)CN(CCCCNC(=O)c1cc(C)ccc1OCCF)CC2. The van der Waals surface area contributed by atoms with Crippen LogP contribution in [0.15, 0.2) is 30.3 Å². The Labute approximate surface area is 189 Å². The zero-order chi connectivity index (χ0) is 22.9. The van der Waals surface area contributed by atoms with Crippen molar-refractivity contribution in [2.24, 2.45) is 0 Å². The predicted octanol–water partition coefficient (Wildman–Crippen LogP) is 3.93. The van der Waals surface area contributed by atoms with Gasteiger partial charge in [-0.1, -0.05) is 11.6 Å². The summed E-state index contributed by atoms with van der Waals surface area (Å²) < 4.78 is 28.7. The molecule has 174 valence electrons. The second-order valence-electron chi connectivity index (χ2n) is 8.00. The molecule has 32 heavy (non-hydrogen) atoms. The number of fused-ring (bicyclic) bond motifs is 1. The Hall–Kier alpha value is -2.80. The third kappa shape index (κ3) is 6.13. The molecule has 0 aromatic heterocycles. The third-order valence-electron chi connectivity index (χ3n) is 5.70. The van der Waals surface area contributed by atoms with Crippen molar-refractivity contribution in [3.63, 3.8) is 0 Å². The molecule has 7 heteroatoms. The van der Waals surface area contributed by atoms with E-state index in [0.717, 1.165) is 56.0 Å². The maximum absolute atomic E-state index is 12.6. The number of ether oxygens (including phenoxy) is 3. The van der Waals surface area contributed by atoms with Crippen molar-refractivity contribution in [2.75, 3.05) is 47.1 Å². The molecular formula is C25H33FN2O4. The second kappa shape index (κ2) is 11.7. The maximum Gasteiger partial charge on any atom is 0.255 e. The summed E-state index contributed by atoms with van der Waals surface area (Å²) >= 11 is 0. The number of amides is 1. The number of aryl methyl sites for hydroxylation is 1. The van der Waals surface area contributed by atoms with E-state index in [1.807, 2.05) is 13.0 Å². The van der Waals surface area contributed by atoms with E-state index in [9.17, 15) is 9.18 Å². The van der Waals surface area contributed by atoms with Crippen LogP contribution in [0, 0.1) is 6.92 Å². The number of hydrogen-bond acceptors (Lipinski definition) is 5. The highest BCUT2D eigenvalue weighted by Crippen LogP contribution is 2.33. The van der Waals surface area contributed by atoms with E-state index in [0.29, 0.717) is 17.9 Å². The molecule has 6 nitrogen and oxygen atoms in total. The van der Waals surface area contributed by atoms with Gasteiger partial charge in [-0.25, -0.2) is 4.39 Å². The van der Waals surface area contributed by atoms with Gasteiger partial charge in [-0.3, -0.25) is 9.69 Å². The van der Waals surface area contributed by atoms with E-state index in [-0.39, 0.29) is 12.5 Å². The quantitative estimate of drug-likeness (QED) is 0.532. The van der Waals surface area contributed by atoms with E-state index >= 15 is 0 Å². The van der Waals surface area contributed by atoms with Crippen molar-refractivity contribution in [3.05, 3.63) is 52.6 Å². The Morgan fingerprint density at radius 3 is 2.53 bits per heavy atom. The molecule has 0 unspecified atom stereocenters. The summed E-state index contributed by atoms with van der Waals surface area (Å²) in [7, 11) is 3.32. The molecule has 0 bridgehead atoms. The van der Waals surface area contributed by atoms with Gasteiger partial charge in [-0.05, 0) is 68.1 Å². The highest BCUT2D eigenvalue weighted by atomic mass is 19.1. The molecule has 3 rings (SSSR count). The van der Waals surface area contributed by atoms with Gasteiger partial charge in [0.1, 0.15) is 19.0 Å². The highest BCUT2D eigenvalue weighted by molar-refractivity contribution is 5.97. The summed E-state index contributed by atoms with van der Waals surface area (Å²) in [5.41, 5.74) is 4.01. The molecule has 1 aliphatic heterocycles. The van der Waals surface area contributed by atoms with Gasteiger partial charge in [0.15, 0.2) is 11.5 Å². The minimum atomic E-state index is -0.587. The van der Waals surface area contributed by atoms with Gasteiger partial charge in [0.05, 0.1) is 19.8 Å². The number of alkyl halides is 1. The molecule has 0 aliphatic carbocycles. The van der Waals surface area contributed by atoms with Crippen LogP contribution in [-0.4, -0.2) is 57.9 Å². The van der Waals surface area contributed by atoms with Crippen molar-refractivity contribution in [2.45, 2.75) is 32.7 Å². The van der Waals surface area contributed by atoms with Crippen molar-refractivity contribution in [1.29, 1.82) is 0 Å². The van der Waals surface area contributed by atoms with E-state index in [1.165, 1.54) is 11.1 Å². The topological polar surface area (TPSA) is 60.0 Å². The predicted molar refractivity (Wildman–Crippen MR) is 123 cm³/mol. The zero-order valence-electron chi connectivity index (χ0n) is 19.2. The highest BCUT2D eigenvalue weighted by Gasteiger charge is 2.19. The molecule has 2 aromatic carbocycles. The number of carbonyl (C=O) groups excluding carboxylic acids is 1. The summed E-state index contributed by atoms with van der Waals surface area (Å²) in [5, 5.41) is 2.96. The van der Waals surface area contributed by atoms with Crippen LogP contribution in [0.5, 0.6) is 17.2 Å².